The molecular weight excluding hydrogens is 208 g/mol. The van der Waals surface area contributed by atoms with Gasteiger partial charge in [0.25, 0.3) is 0 Å². The van der Waals surface area contributed by atoms with Crippen molar-refractivity contribution in [2.45, 2.75) is 37.6 Å². The van der Waals surface area contributed by atoms with Crippen molar-refractivity contribution in [2.24, 2.45) is 0 Å². The molecule has 0 bridgehead atoms. The van der Waals surface area contributed by atoms with Crippen LogP contribution in [0.15, 0.2) is 18.2 Å². The Morgan fingerprint density at radius 1 is 1.38 bits per heavy atom. The maximum Gasteiger partial charge on any atom is 0.129 e. The van der Waals surface area contributed by atoms with Crippen LogP contribution in [0.2, 0.25) is 0 Å². The minimum absolute atomic E-state index is 0.161. The molecule has 2 atom stereocenters. The van der Waals surface area contributed by atoms with Gasteiger partial charge in [-0.2, -0.15) is 0 Å². The third-order valence-electron chi connectivity index (χ3n) is 3.73. The number of rotatable bonds is 2. The van der Waals surface area contributed by atoms with Crippen LogP contribution in [0.4, 0.5) is 8.78 Å². The molecule has 1 aromatic carbocycles. The fraction of sp³-hybridized carbons (Fsp3) is 0.538. The van der Waals surface area contributed by atoms with Gasteiger partial charge in [0, 0.05) is 12.1 Å². The van der Waals surface area contributed by atoms with Crippen LogP contribution in [-0.2, 0) is 5.41 Å². The molecule has 1 aromatic rings. The molecule has 0 aromatic heterocycles. The Kier molecular flexibility index (Phi) is 2.98. The van der Waals surface area contributed by atoms with Crippen LogP contribution in [0.1, 0.15) is 31.7 Å². The normalized spacial score (nSPS) is 29.6. The molecule has 0 spiro atoms. The van der Waals surface area contributed by atoms with E-state index in [2.05, 4.69) is 12.2 Å². The Morgan fingerprint density at radius 2 is 2.12 bits per heavy atom. The molecule has 0 amide bonds. The molecule has 0 heterocycles. The monoisotopic (exact) mass is 225 g/mol. The predicted molar refractivity (Wildman–Crippen MR) is 60.4 cm³/mol. The lowest BCUT2D eigenvalue weighted by Crippen LogP contribution is -2.26. The van der Waals surface area contributed by atoms with E-state index in [1.165, 1.54) is 6.07 Å². The van der Waals surface area contributed by atoms with Crippen molar-refractivity contribution in [2.75, 3.05) is 7.05 Å². The number of halogens is 2. The Labute approximate surface area is 94.9 Å². The topological polar surface area (TPSA) is 12.0 Å². The number of hydrogen-bond acceptors (Lipinski definition) is 1. The van der Waals surface area contributed by atoms with Crippen molar-refractivity contribution in [1.82, 2.24) is 5.32 Å². The van der Waals surface area contributed by atoms with E-state index in [-0.39, 0.29) is 5.41 Å². The van der Waals surface area contributed by atoms with Crippen LogP contribution in [0.3, 0.4) is 0 Å². The van der Waals surface area contributed by atoms with E-state index in [1.807, 2.05) is 7.05 Å². The van der Waals surface area contributed by atoms with Gasteiger partial charge in [0.05, 0.1) is 0 Å². The lowest BCUT2D eigenvalue weighted by molar-refractivity contribution is 0.437. The summed E-state index contributed by atoms with van der Waals surface area (Å²) in [5.74, 6) is -0.924. The van der Waals surface area contributed by atoms with Gasteiger partial charge < -0.3 is 5.32 Å². The molecule has 2 rings (SSSR count). The highest BCUT2D eigenvalue weighted by atomic mass is 19.1. The van der Waals surface area contributed by atoms with Crippen molar-refractivity contribution < 1.29 is 8.78 Å². The minimum Gasteiger partial charge on any atom is -0.317 e. The summed E-state index contributed by atoms with van der Waals surface area (Å²) in [6, 6.07) is 4.35. The van der Waals surface area contributed by atoms with Crippen LogP contribution in [0, 0.1) is 11.6 Å². The lowest BCUT2D eigenvalue weighted by atomic mass is 9.80. The SMILES string of the molecule is CNC1CCC(C)(c2ccc(F)cc2F)C1. The van der Waals surface area contributed by atoms with Gasteiger partial charge in [-0.3, -0.25) is 0 Å². The van der Waals surface area contributed by atoms with E-state index < -0.39 is 11.6 Å². The second-order valence-corrected chi connectivity index (χ2v) is 4.91. The average molecular weight is 225 g/mol. The summed E-state index contributed by atoms with van der Waals surface area (Å²) in [5, 5.41) is 3.22. The average Bonchev–Trinajstić information content (AvgIpc) is 2.61. The van der Waals surface area contributed by atoms with Crippen LogP contribution in [0.25, 0.3) is 0 Å². The first-order valence-electron chi connectivity index (χ1n) is 5.68. The van der Waals surface area contributed by atoms with Crippen molar-refractivity contribution in [1.29, 1.82) is 0 Å². The fourth-order valence-electron chi connectivity index (χ4n) is 2.71. The standard InChI is InChI=1S/C13H17F2N/c1-13(6-5-10(8-13)16-2)11-4-3-9(14)7-12(11)15/h3-4,7,10,16H,5-6,8H2,1-2H3. The molecule has 1 nitrogen and oxygen atoms in total. The summed E-state index contributed by atoms with van der Waals surface area (Å²) in [6.07, 6.45) is 2.90. The van der Waals surface area contributed by atoms with Gasteiger partial charge in [0.15, 0.2) is 0 Å². The fourth-order valence-corrected chi connectivity index (χ4v) is 2.71. The maximum absolute atomic E-state index is 13.7. The van der Waals surface area contributed by atoms with Crippen molar-refractivity contribution in [3.8, 4) is 0 Å². The smallest absolute Gasteiger partial charge is 0.129 e. The summed E-state index contributed by atoms with van der Waals surface area (Å²) < 4.78 is 26.6. The molecule has 16 heavy (non-hydrogen) atoms. The van der Waals surface area contributed by atoms with Gasteiger partial charge >= 0.3 is 0 Å². The number of hydrogen-bond donors (Lipinski definition) is 1. The van der Waals surface area contributed by atoms with Gasteiger partial charge in [-0.25, -0.2) is 8.78 Å². The van der Waals surface area contributed by atoms with Gasteiger partial charge in [-0.15, -0.1) is 0 Å². The van der Waals surface area contributed by atoms with E-state index in [0.717, 1.165) is 25.3 Å². The first kappa shape index (κ1) is 11.5. The zero-order valence-electron chi connectivity index (χ0n) is 9.69. The van der Waals surface area contributed by atoms with E-state index in [0.29, 0.717) is 11.6 Å². The third kappa shape index (κ3) is 1.96. The number of benzene rings is 1. The van der Waals surface area contributed by atoms with Crippen LogP contribution < -0.4 is 5.32 Å². The highest BCUT2D eigenvalue weighted by Crippen LogP contribution is 2.41. The molecule has 1 fully saturated rings. The number of nitrogens with one attached hydrogen (secondary N) is 1. The quantitative estimate of drug-likeness (QED) is 0.816. The highest BCUT2D eigenvalue weighted by molar-refractivity contribution is 5.28. The van der Waals surface area contributed by atoms with E-state index in [4.69, 9.17) is 0 Å². The molecule has 0 radical (unpaired) electrons. The summed E-state index contributed by atoms with van der Waals surface area (Å²) in [6.45, 7) is 2.06. The molecule has 3 heteroatoms. The molecule has 1 aliphatic carbocycles. The maximum atomic E-state index is 13.7. The molecule has 1 N–H and O–H groups in total. The van der Waals surface area contributed by atoms with Crippen LogP contribution >= 0.6 is 0 Å². The van der Waals surface area contributed by atoms with Gasteiger partial charge in [-0.1, -0.05) is 13.0 Å². The van der Waals surface area contributed by atoms with E-state index >= 15 is 0 Å². The van der Waals surface area contributed by atoms with Crippen molar-refractivity contribution in [3.05, 3.63) is 35.4 Å². The Morgan fingerprint density at radius 3 is 2.69 bits per heavy atom. The molecule has 0 saturated heterocycles. The first-order valence-corrected chi connectivity index (χ1v) is 5.68. The Hall–Kier alpha value is -0.960. The summed E-state index contributed by atoms with van der Waals surface area (Å²) >= 11 is 0. The molecule has 1 saturated carbocycles. The zero-order valence-corrected chi connectivity index (χ0v) is 9.69. The Bertz CT molecular complexity index is 392. The lowest BCUT2D eigenvalue weighted by Gasteiger charge is -2.25. The zero-order chi connectivity index (χ0) is 11.8. The predicted octanol–water partition coefficient (Wildman–Crippen LogP) is 2.99. The third-order valence-corrected chi connectivity index (χ3v) is 3.73. The summed E-state index contributed by atoms with van der Waals surface area (Å²) in [5.41, 5.74) is 0.484. The molecule has 0 aliphatic heterocycles. The second-order valence-electron chi connectivity index (χ2n) is 4.91. The second kappa shape index (κ2) is 4.13. The largest absolute Gasteiger partial charge is 0.317 e. The van der Waals surface area contributed by atoms with Gasteiger partial charge in [0.2, 0.25) is 0 Å². The van der Waals surface area contributed by atoms with E-state index in [1.54, 1.807) is 6.07 Å². The van der Waals surface area contributed by atoms with Gasteiger partial charge in [0.1, 0.15) is 11.6 Å². The first-order chi connectivity index (χ1) is 7.55. The summed E-state index contributed by atoms with van der Waals surface area (Å²) in [7, 11) is 1.93. The molecule has 2 unspecified atom stereocenters. The Balaban J connectivity index is 2.30. The molecule has 1 aliphatic rings. The van der Waals surface area contributed by atoms with Crippen molar-refractivity contribution >= 4 is 0 Å². The highest BCUT2D eigenvalue weighted by Gasteiger charge is 2.37. The molecule has 88 valence electrons. The van der Waals surface area contributed by atoms with Crippen LogP contribution in [0.5, 0.6) is 0 Å². The van der Waals surface area contributed by atoms with Crippen LogP contribution in [-0.4, -0.2) is 13.1 Å². The van der Waals surface area contributed by atoms with Gasteiger partial charge in [-0.05, 0) is 43.4 Å². The van der Waals surface area contributed by atoms with E-state index in [9.17, 15) is 8.78 Å². The summed E-state index contributed by atoms with van der Waals surface area (Å²) in [4.78, 5) is 0. The van der Waals surface area contributed by atoms with Crippen molar-refractivity contribution in [3.63, 3.8) is 0 Å². The minimum atomic E-state index is -0.506. The molecular formula is C13H17F2N.